The largest absolute Gasteiger partial charge is 0.348 e. The Bertz CT molecular complexity index is 1090. The summed E-state index contributed by atoms with van der Waals surface area (Å²) in [7, 11) is -3.68. The zero-order valence-corrected chi connectivity index (χ0v) is 17.8. The summed E-state index contributed by atoms with van der Waals surface area (Å²) in [6.07, 6.45) is 1.93. The van der Waals surface area contributed by atoms with Crippen molar-refractivity contribution in [1.82, 2.24) is 5.32 Å². The molecule has 1 amide bonds. The first kappa shape index (κ1) is 21.0. The first-order valence-corrected chi connectivity index (χ1v) is 11.7. The van der Waals surface area contributed by atoms with Crippen LogP contribution in [0.1, 0.15) is 21.5 Å². The second kappa shape index (κ2) is 9.15. The average molecular weight is 427 g/mol. The van der Waals surface area contributed by atoms with E-state index in [1.807, 2.05) is 37.4 Å². The van der Waals surface area contributed by atoms with Gasteiger partial charge < -0.3 is 5.32 Å². The molecule has 3 rings (SSSR count). The van der Waals surface area contributed by atoms with Crippen LogP contribution in [-0.2, 0) is 16.6 Å². The fraction of sp³-hybridized carbons (Fsp3) is 0.136. The van der Waals surface area contributed by atoms with Gasteiger partial charge >= 0.3 is 0 Å². The quantitative estimate of drug-likeness (QED) is 0.548. The standard InChI is InChI=1S/C22H22N2O3S2/c1-16-4-3-5-17(14-16)15-23-22(25)18-6-8-19(9-7-18)24-29(26,27)21-12-10-20(28-2)11-13-21/h3-14,24H,15H2,1-2H3,(H,23,25). The lowest BCUT2D eigenvalue weighted by atomic mass is 10.1. The lowest BCUT2D eigenvalue weighted by molar-refractivity contribution is 0.0951. The molecule has 0 radical (unpaired) electrons. The molecule has 0 aliphatic carbocycles. The molecule has 2 N–H and O–H groups in total. The van der Waals surface area contributed by atoms with E-state index in [9.17, 15) is 13.2 Å². The van der Waals surface area contributed by atoms with Gasteiger partial charge in [0.05, 0.1) is 4.90 Å². The molecule has 5 nitrogen and oxygen atoms in total. The van der Waals surface area contributed by atoms with Crippen LogP contribution in [0, 0.1) is 6.92 Å². The molecule has 150 valence electrons. The van der Waals surface area contributed by atoms with Crippen molar-refractivity contribution in [1.29, 1.82) is 0 Å². The van der Waals surface area contributed by atoms with Gasteiger partial charge in [-0.05, 0) is 67.3 Å². The first-order valence-electron chi connectivity index (χ1n) is 8.98. The van der Waals surface area contributed by atoms with Gasteiger partial charge in [0.2, 0.25) is 0 Å². The number of nitrogens with one attached hydrogen (secondary N) is 2. The van der Waals surface area contributed by atoms with Crippen molar-refractivity contribution in [2.24, 2.45) is 0 Å². The summed E-state index contributed by atoms with van der Waals surface area (Å²) in [6.45, 7) is 2.43. The maximum Gasteiger partial charge on any atom is 0.261 e. The van der Waals surface area contributed by atoms with E-state index in [0.29, 0.717) is 17.8 Å². The highest BCUT2D eigenvalue weighted by molar-refractivity contribution is 7.98. The second-order valence-corrected chi connectivity index (χ2v) is 9.09. The Kier molecular flexibility index (Phi) is 6.61. The molecular formula is C22H22N2O3S2. The van der Waals surface area contributed by atoms with Crippen LogP contribution >= 0.6 is 11.8 Å². The number of sulfonamides is 1. The van der Waals surface area contributed by atoms with Crippen molar-refractivity contribution in [2.75, 3.05) is 11.0 Å². The van der Waals surface area contributed by atoms with Gasteiger partial charge in [0.15, 0.2) is 0 Å². The fourth-order valence-electron chi connectivity index (χ4n) is 2.77. The highest BCUT2D eigenvalue weighted by atomic mass is 32.2. The summed E-state index contributed by atoms with van der Waals surface area (Å²) in [6, 6.07) is 20.9. The Morgan fingerprint density at radius 1 is 0.966 bits per heavy atom. The van der Waals surface area contributed by atoms with Gasteiger partial charge in [-0.25, -0.2) is 8.42 Å². The van der Waals surface area contributed by atoms with Crippen LogP contribution < -0.4 is 10.0 Å². The Hall–Kier alpha value is -2.77. The van der Waals surface area contributed by atoms with Gasteiger partial charge in [-0.2, -0.15) is 0 Å². The number of aryl methyl sites for hydroxylation is 1. The third-order valence-corrected chi connectivity index (χ3v) is 6.45. The molecule has 7 heteroatoms. The Labute approximate surface area is 175 Å². The van der Waals surface area contributed by atoms with Crippen LogP contribution in [-0.4, -0.2) is 20.6 Å². The van der Waals surface area contributed by atoms with Crippen molar-refractivity contribution >= 4 is 33.4 Å². The first-order chi connectivity index (χ1) is 13.9. The van der Waals surface area contributed by atoms with Crippen molar-refractivity contribution < 1.29 is 13.2 Å². The van der Waals surface area contributed by atoms with E-state index < -0.39 is 10.0 Å². The molecule has 0 spiro atoms. The van der Waals surface area contributed by atoms with Gasteiger partial charge in [0.1, 0.15) is 0 Å². The Morgan fingerprint density at radius 3 is 2.28 bits per heavy atom. The summed E-state index contributed by atoms with van der Waals surface area (Å²) in [5.41, 5.74) is 3.02. The van der Waals surface area contributed by atoms with Gasteiger partial charge in [0, 0.05) is 22.7 Å². The van der Waals surface area contributed by atoms with E-state index in [1.54, 1.807) is 60.3 Å². The van der Waals surface area contributed by atoms with E-state index in [0.717, 1.165) is 16.0 Å². The number of rotatable bonds is 7. The topological polar surface area (TPSA) is 75.3 Å². The highest BCUT2D eigenvalue weighted by Gasteiger charge is 2.14. The lowest BCUT2D eigenvalue weighted by Gasteiger charge is -2.10. The predicted molar refractivity (Wildman–Crippen MR) is 118 cm³/mol. The predicted octanol–water partition coefficient (Wildman–Crippen LogP) is 4.45. The summed E-state index contributed by atoms with van der Waals surface area (Å²) >= 11 is 1.55. The molecule has 0 bridgehead atoms. The number of hydrogen-bond acceptors (Lipinski definition) is 4. The van der Waals surface area contributed by atoms with Crippen molar-refractivity contribution in [3.8, 4) is 0 Å². The van der Waals surface area contributed by atoms with Crippen LogP contribution in [0.5, 0.6) is 0 Å². The maximum atomic E-state index is 12.5. The Balaban J connectivity index is 1.63. The number of carbonyl (C=O) groups excluding carboxylic acids is 1. The van der Waals surface area contributed by atoms with Crippen LogP contribution in [0.2, 0.25) is 0 Å². The van der Waals surface area contributed by atoms with Gasteiger partial charge in [-0.15, -0.1) is 11.8 Å². The van der Waals surface area contributed by atoms with Crippen LogP contribution in [0.15, 0.2) is 82.6 Å². The van der Waals surface area contributed by atoms with Crippen molar-refractivity contribution in [3.63, 3.8) is 0 Å². The van der Waals surface area contributed by atoms with E-state index in [2.05, 4.69) is 10.0 Å². The zero-order chi connectivity index (χ0) is 20.9. The summed E-state index contributed by atoms with van der Waals surface area (Å²) < 4.78 is 27.6. The Morgan fingerprint density at radius 2 is 1.66 bits per heavy atom. The molecule has 0 atom stereocenters. The highest BCUT2D eigenvalue weighted by Crippen LogP contribution is 2.20. The molecule has 0 saturated heterocycles. The molecule has 0 saturated carbocycles. The van der Waals surface area contributed by atoms with E-state index in [1.165, 1.54) is 0 Å². The minimum atomic E-state index is -3.68. The summed E-state index contributed by atoms with van der Waals surface area (Å²) in [4.78, 5) is 13.5. The van der Waals surface area contributed by atoms with Gasteiger partial charge in [-0.3, -0.25) is 9.52 Å². The third-order valence-electron chi connectivity index (χ3n) is 4.30. The van der Waals surface area contributed by atoms with Gasteiger partial charge in [-0.1, -0.05) is 29.8 Å². The number of hydrogen-bond donors (Lipinski definition) is 2. The smallest absolute Gasteiger partial charge is 0.261 e. The minimum Gasteiger partial charge on any atom is -0.348 e. The molecule has 0 aliphatic heterocycles. The molecule has 0 aliphatic rings. The van der Waals surface area contributed by atoms with Crippen molar-refractivity contribution in [2.45, 2.75) is 23.3 Å². The van der Waals surface area contributed by atoms with Crippen LogP contribution in [0.4, 0.5) is 5.69 Å². The average Bonchev–Trinajstić information content (AvgIpc) is 2.72. The summed E-state index contributed by atoms with van der Waals surface area (Å²) in [5.74, 6) is -0.214. The fourth-order valence-corrected chi connectivity index (χ4v) is 4.23. The van der Waals surface area contributed by atoms with Crippen LogP contribution in [0.25, 0.3) is 0 Å². The third kappa shape index (κ3) is 5.62. The molecule has 0 heterocycles. The van der Waals surface area contributed by atoms with Crippen LogP contribution in [0.3, 0.4) is 0 Å². The normalized spacial score (nSPS) is 11.1. The number of benzene rings is 3. The second-order valence-electron chi connectivity index (χ2n) is 6.53. The number of carbonyl (C=O) groups is 1. The summed E-state index contributed by atoms with van der Waals surface area (Å²) in [5, 5.41) is 2.87. The molecule has 3 aromatic rings. The number of thioether (sulfide) groups is 1. The van der Waals surface area contributed by atoms with E-state index in [4.69, 9.17) is 0 Å². The molecule has 3 aromatic carbocycles. The SMILES string of the molecule is CSc1ccc(S(=O)(=O)Nc2ccc(C(=O)NCc3cccc(C)c3)cc2)cc1. The van der Waals surface area contributed by atoms with Gasteiger partial charge in [0.25, 0.3) is 15.9 Å². The molecule has 29 heavy (non-hydrogen) atoms. The molecule has 0 fully saturated rings. The lowest BCUT2D eigenvalue weighted by Crippen LogP contribution is -2.22. The monoisotopic (exact) mass is 426 g/mol. The minimum absolute atomic E-state index is 0.190. The molecule has 0 aromatic heterocycles. The molecule has 0 unspecified atom stereocenters. The molecular weight excluding hydrogens is 404 g/mol. The van der Waals surface area contributed by atoms with Crippen molar-refractivity contribution in [3.05, 3.63) is 89.5 Å². The number of amides is 1. The number of anilines is 1. The van der Waals surface area contributed by atoms with E-state index in [-0.39, 0.29) is 10.8 Å². The van der Waals surface area contributed by atoms with E-state index >= 15 is 0 Å². The maximum absolute atomic E-state index is 12.5. The zero-order valence-electron chi connectivity index (χ0n) is 16.2.